The van der Waals surface area contributed by atoms with Crippen LogP contribution in [0.4, 0.5) is 0 Å². The SMILES string of the molecule is C=C(N=C(N=C(C)c1ccccc1)c1cc(C)cc(-c2ccnc3c2ccc2cccnc23)c1)c1cc(C)cc(-c2ccnc3c2ccc2cccnc23)c1. The molecular weight excluding hydrogens is 673 g/mol. The van der Waals surface area contributed by atoms with Crippen LogP contribution in [-0.4, -0.2) is 31.5 Å². The van der Waals surface area contributed by atoms with E-state index in [2.05, 4.69) is 127 Å². The highest BCUT2D eigenvalue weighted by atomic mass is 14.9. The first kappa shape index (κ1) is 33.6. The maximum Gasteiger partial charge on any atom is 0.160 e. The summed E-state index contributed by atoms with van der Waals surface area (Å²) in [7, 11) is 0. The van der Waals surface area contributed by atoms with Gasteiger partial charge in [-0.1, -0.05) is 85.4 Å². The molecule has 0 radical (unpaired) electrons. The Hall–Kier alpha value is -7.18. The zero-order valence-electron chi connectivity index (χ0n) is 30.8. The van der Waals surface area contributed by atoms with Crippen LogP contribution in [0.25, 0.3) is 71.6 Å². The fourth-order valence-corrected chi connectivity index (χ4v) is 7.43. The van der Waals surface area contributed by atoms with Gasteiger partial charge in [-0.15, -0.1) is 0 Å². The van der Waals surface area contributed by atoms with Gasteiger partial charge in [0.05, 0.1) is 27.8 Å². The average molecular weight is 709 g/mol. The van der Waals surface area contributed by atoms with Gasteiger partial charge in [0.25, 0.3) is 0 Å². The van der Waals surface area contributed by atoms with Crippen LogP contribution in [0.1, 0.15) is 34.7 Å². The van der Waals surface area contributed by atoms with Crippen LogP contribution in [0.15, 0.2) is 169 Å². The number of hydrogen-bond acceptors (Lipinski definition) is 5. The van der Waals surface area contributed by atoms with E-state index in [0.717, 1.165) is 99.4 Å². The van der Waals surface area contributed by atoms with E-state index < -0.39 is 0 Å². The molecule has 0 aliphatic carbocycles. The van der Waals surface area contributed by atoms with Crippen LogP contribution in [0.2, 0.25) is 0 Å². The molecule has 0 saturated heterocycles. The summed E-state index contributed by atoms with van der Waals surface area (Å²) in [6, 6.07) is 43.9. The lowest BCUT2D eigenvalue weighted by Gasteiger charge is -2.14. The minimum atomic E-state index is 0.580. The molecule has 5 aromatic carbocycles. The van der Waals surface area contributed by atoms with E-state index in [1.54, 1.807) is 0 Å². The molecule has 0 bridgehead atoms. The zero-order valence-corrected chi connectivity index (χ0v) is 30.8. The lowest BCUT2D eigenvalue weighted by Crippen LogP contribution is -2.05. The number of fused-ring (bicyclic) bond motifs is 6. The van der Waals surface area contributed by atoms with E-state index in [1.807, 2.05) is 62.0 Å². The third-order valence-electron chi connectivity index (χ3n) is 10.0. The molecule has 4 heterocycles. The lowest BCUT2D eigenvalue weighted by molar-refractivity contribution is 1.36. The first-order valence-electron chi connectivity index (χ1n) is 18.3. The van der Waals surface area contributed by atoms with Crippen molar-refractivity contribution in [3.8, 4) is 22.3 Å². The average Bonchev–Trinajstić information content (AvgIpc) is 3.22. The van der Waals surface area contributed by atoms with Gasteiger partial charge in [0, 0.05) is 63.2 Å². The quantitative estimate of drug-likeness (QED) is 0.0979. The topological polar surface area (TPSA) is 76.3 Å². The number of aryl methyl sites for hydroxylation is 2. The van der Waals surface area contributed by atoms with E-state index in [9.17, 15) is 0 Å². The molecule has 262 valence electrons. The number of aromatic nitrogens is 4. The van der Waals surface area contributed by atoms with Crippen LogP contribution in [0.5, 0.6) is 0 Å². The van der Waals surface area contributed by atoms with Gasteiger partial charge in [-0.2, -0.15) is 0 Å². The highest BCUT2D eigenvalue weighted by molar-refractivity contribution is 6.14. The number of benzene rings is 5. The summed E-state index contributed by atoms with van der Waals surface area (Å²) in [5.74, 6) is 0.580. The van der Waals surface area contributed by atoms with Gasteiger partial charge in [-0.25, -0.2) is 9.98 Å². The van der Waals surface area contributed by atoms with E-state index in [4.69, 9.17) is 20.0 Å². The molecule has 0 spiro atoms. The molecule has 0 aliphatic heterocycles. The summed E-state index contributed by atoms with van der Waals surface area (Å²) in [6.07, 6.45) is 7.36. The largest absolute Gasteiger partial charge is 0.254 e. The Morgan fingerprint density at radius 1 is 0.473 bits per heavy atom. The standard InChI is InChI=1S/C49H36N6/c1-30-24-37(28-38(25-30)41-18-22-52-47-43(41)16-14-35-12-8-20-50-45(35)47)33(4)55-49(54-32(3)34-10-6-5-7-11-34)40-27-31(2)26-39(29-40)42-19-23-53-48-44(42)17-15-36-13-9-21-51-46(36)48/h5-29H,4H2,1-3H3. The van der Waals surface area contributed by atoms with Crippen molar-refractivity contribution < 1.29 is 0 Å². The molecule has 0 N–H and O–H groups in total. The first-order chi connectivity index (χ1) is 26.9. The van der Waals surface area contributed by atoms with Crippen LogP contribution in [0.3, 0.4) is 0 Å². The van der Waals surface area contributed by atoms with Crippen LogP contribution < -0.4 is 0 Å². The summed E-state index contributed by atoms with van der Waals surface area (Å²) >= 11 is 0. The Morgan fingerprint density at radius 2 is 1.00 bits per heavy atom. The Balaban J connectivity index is 1.18. The third kappa shape index (κ3) is 6.44. The fraction of sp³-hybridized carbons (Fsp3) is 0.0612. The summed E-state index contributed by atoms with van der Waals surface area (Å²) in [5.41, 5.74) is 14.3. The summed E-state index contributed by atoms with van der Waals surface area (Å²) in [5, 5.41) is 4.21. The first-order valence-corrected chi connectivity index (χ1v) is 18.3. The van der Waals surface area contributed by atoms with E-state index in [0.29, 0.717) is 11.5 Å². The van der Waals surface area contributed by atoms with Crippen molar-refractivity contribution in [2.45, 2.75) is 20.8 Å². The molecule has 6 nitrogen and oxygen atoms in total. The van der Waals surface area contributed by atoms with Crippen molar-refractivity contribution >= 4 is 60.9 Å². The van der Waals surface area contributed by atoms with E-state index >= 15 is 0 Å². The van der Waals surface area contributed by atoms with Crippen LogP contribution in [-0.2, 0) is 0 Å². The van der Waals surface area contributed by atoms with Crippen molar-refractivity contribution in [2.75, 3.05) is 0 Å². The van der Waals surface area contributed by atoms with Gasteiger partial charge in [0.2, 0.25) is 0 Å². The molecule has 0 unspecified atom stereocenters. The summed E-state index contributed by atoms with van der Waals surface area (Å²) < 4.78 is 0. The molecule has 0 saturated carbocycles. The van der Waals surface area contributed by atoms with Gasteiger partial charge < -0.3 is 0 Å². The number of amidine groups is 1. The van der Waals surface area contributed by atoms with E-state index in [1.165, 1.54) is 0 Å². The molecule has 9 aromatic rings. The van der Waals surface area contributed by atoms with Crippen LogP contribution >= 0.6 is 0 Å². The molecule has 55 heavy (non-hydrogen) atoms. The number of rotatable bonds is 6. The Kier molecular flexibility index (Phi) is 8.56. The molecule has 0 atom stereocenters. The second-order valence-electron chi connectivity index (χ2n) is 13.9. The molecule has 9 rings (SSSR count). The maximum atomic E-state index is 5.23. The molecular formula is C49H36N6. The Bertz CT molecular complexity index is 3030. The van der Waals surface area contributed by atoms with Gasteiger partial charge in [-0.05, 0) is 108 Å². The second kappa shape index (κ2) is 14.0. The number of aliphatic imine (C=N–C) groups is 2. The summed E-state index contributed by atoms with van der Waals surface area (Å²) in [4.78, 5) is 29.3. The highest BCUT2D eigenvalue weighted by Crippen LogP contribution is 2.35. The molecule has 0 aliphatic rings. The van der Waals surface area contributed by atoms with Gasteiger partial charge in [0.15, 0.2) is 5.84 Å². The molecule has 6 heteroatoms. The van der Waals surface area contributed by atoms with Crippen LogP contribution in [0, 0.1) is 13.8 Å². The van der Waals surface area contributed by atoms with Crippen molar-refractivity contribution in [2.24, 2.45) is 9.98 Å². The number of hydrogen-bond donors (Lipinski definition) is 0. The van der Waals surface area contributed by atoms with Gasteiger partial charge in [-0.3, -0.25) is 19.9 Å². The normalized spacial score (nSPS) is 12.2. The van der Waals surface area contributed by atoms with Crippen molar-refractivity contribution in [3.63, 3.8) is 0 Å². The monoisotopic (exact) mass is 708 g/mol. The fourth-order valence-electron chi connectivity index (χ4n) is 7.43. The number of pyridine rings is 4. The third-order valence-corrected chi connectivity index (χ3v) is 10.0. The lowest BCUT2D eigenvalue weighted by atomic mass is 9.95. The maximum absolute atomic E-state index is 5.23. The number of nitrogens with zero attached hydrogens (tertiary/aromatic N) is 6. The van der Waals surface area contributed by atoms with E-state index in [-0.39, 0.29) is 0 Å². The van der Waals surface area contributed by atoms with Crippen molar-refractivity contribution in [1.82, 2.24) is 19.9 Å². The minimum Gasteiger partial charge on any atom is -0.254 e. The van der Waals surface area contributed by atoms with Gasteiger partial charge in [0.1, 0.15) is 0 Å². The highest BCUT2D eigenvalue weighted by Gasteiger charge is 2.15. The minimum absolute atomic E-state index is 0.580. The predicted molar refractivity (Wildman–Crippen MR) is 229 cm³/mol. The molecule has 0 amide bonds. The smallest absolute Gasteiger partial charge is 0.160 e. The Labute approximate surface area is 319 Å². The van der Waals surface area contributed by atoms with Gasteiger partial charge >= 0.3 is 0 Å². The van der Waals surface area contributed by atoms with Crippen molar-refractivity contribution in [1.29, 1.82) is 0 Å². The van der Waals surface area contributed by atoms with Crippen molar-refractivity contribution in [3.05, 3.63) is 187 Å². The molecule has 4 aromatic heterocycles. The second-order valence-corrected chi connectivity index (χ2v) is 13.9. The summed E-state index contributed by atoms with van der Waals surface area (Å²) in [6.45, 7) is 10.8. The Morgan fingerprint density at radius 3 is 1.58 bits per heavy atom. The zero-order chi connectivity index (χ0) is 37.5. The molecule has 0 fully saturated rings. The predicted octanol–water partition coefficient (Wildman–Crippen LogP) is 11.8.